The maximum atomic E-state index is 11.3. The van der Waals surface area contributed by atoms with Crippen molar-refractivity contribution < 1.29 is 19.4 Å². The fraction of sp³-hybridized carbons (Fsp3) is 0.179. The highest BCUT2D eigenvalue weighted by Gasteiger charge is 2.27. The summed E-state index contributed by atoms with van der Waals surface area (Å²) < 4.78 is 6.06. The molecule has 0 saturated carbocycles. The van der Waals surface area contributed by atoms with Gasteiger partial charge in [0.25, 0.3) is 0 Å². The van der Waals surface area contributed by atoms with E-state index in [4.69, 9.17) is 21.0 Å². The molecule has 0 bridgehead atoms. The third-order valence-electron chi connectivity index (χ3n) is 6.83. The number of hydrogen-bond acceptors (Lipinski definition) is 6. The van der Waals surface area contributed by atoms with Crippen LogP contribution in [0.1, 0.15) is 27.3 Å². The second kappa shape index (κ2) is 8.99. The highest BCUT2D eigenvalue weighted by Crippen LogP contribution is 2.40. The summed E-state index contributed by atoms with van der Waals surface area (Å²) in [7, 11) is 0. The first-order chi connectivity index (χ1) is 17.8. The quantitative estimate of drug-likeness (QED) is 0.258. The number of halogens is 1. The minimum absolute atomic E-state index is 0.123. The first-order valence-electron chi connectivity index (χ1n) is 11.7. The van der Waals surface area contributed by atoms with Crippen molar-refractivity contribution in [2.24, 2.45) is 0 Å². The SMILES string of the molecule is Cc1c(-c2nc3cc(CO)cc(Cl)c3o2)cccc1-c1cccc(-c2nc3c(s2)CN(C(=O)O)C3)c1C. The maximum Gasteiger partial charge on any atom is 0.407 e. The molecule has 6 rings (SSSR count). The van der Waals surface area contributed by atoms with E-state index in [2.05, 4.69) is 30.1 Å². The van der Waals surface area contributed by atoms with Crippen LogP contribution in [-0.4, -0.2) is 31.2 Å². The molecule has 2 aromatic heterocycles. The second-order valence-corrected chi connectivity index (χ2v) is 10.6. The molecule has 1 aliphatic rings. The molecule has 1 aliphatic heterocycles. The number of aliphatic hydroxyl groups is 1. The summed E-state index contributed by atoms with van der Waals surface area (Å²) in [4.78, 5) is 23.1. The predicted octanol–water partition coefficient (Wildman–Crippen LogP) is 7.04. The van der Waals surface area contributed by atoms with Gasteiger partial charge in [0, 0.05) is 16.0 Å². The molecule has 7 nitrogen and oxygen atoms in total. The minimum Gasteiger partial charge on any atom is -0.465 e. The van der Waals surface area contributed by atoms with Crippen LogP contribution in [0.3, 0.4) is 0 Å². The molecule has 5 aromatic rings. The highest BCUT2D eigenvalue weighted by atomic mass is 35.5. The third-order valence-corrected chi connectivity index (χ3v) is 8.23. The summed E-state index contributed by atoms with van der Waals surface area (Å²) in [6.45, 7) is 4.72. The van der Waals surface area contributed by atoms with Gasteiger partial charge in [0.05, 0.1) is 30.4 Å². The smallest absolute Gasteiger partial charge is 0.407 e. The van der Waals surface area contributed by atoms with Gasteiger partial charge < -0.3 is 14.6 Å². The van der Waals surface area contributed by atoms with Crippen molar-refractivity contribution in [3.8, 4) is 33.2 Å². The Morgan fingerprint density at radius 1 is 1.03 bits per heavy atom. The summed E-state index contributed by atoms with van der Waals surface area (Å²) >= 11 is 7.93. The van der Waals surface area contributed by atoms with Gasteiger partial charge in [0.2, 0.25) is 5.89 Å². The van der Waals surface area contributed by atoms with Crippen molar-refractivity contribution in [3.63, 3.8) is 0 Å². The van der Waals surface area contributed by atoms with E-state index in [1.165, 1.54) is 4.90 Å². The van der Waals surface area contributed by atoms with Crippen LogP contribution in [0.15, 0.2) is 52.9 Å². The molecule has 0 unspecified atom stereocenters. The van der Waals surface area contributed by atoms with Crippen LogP contribution in [0.5, 0.6) is 0 Å². The molecule has 0 radical (unpaired) electrons. The van der Waals surface area contributed by atoms with Crippen LogP contribution in [0.25, 0.3) is 44.3 Å². The van der Waals surface area contributed by atoms with Crippen LogP contribution >= 0.6 is 22.9 Å². The number of nitrogens with zero attached hydrogens (tertiary/aromatic N) is 3. The Balaban J connectivity index is 1.40. The standard InChI is InChI=1S/C28H22ClN3O4S/c1-14-17(5-3-7-19(14)26-30-22-10-16(13-33)9-21(29)25(22)36-26)18-6-4-8-20(15(18)2)27-31-23-11-32(28(34)35)12-24(23)37-27/h3-10,33H,11-13H2,1-2H3,(H,34,35). The number of benzene rings is 3. The summed E-state index contributed by atoms with van der Waals surface area (Å²) in [6.07, 6.45) is -0.921. The number of oxazole rings is 1. The van der Waals surface area contributed by atoms with Crippen LogP contribution in [0.2, 0.25) is 5.02 Å². The van der Waals surface area contributed by atoms with Crippen LogP contribution in [-0.2, 0) is 19.7 Å². The van der Waals surface area contributed by atoms with Gasteiger partial charge >= 0.3 is 6.09 Å². The molecule has 3 heterocycles. The lowest BCUT2D eigenvalue weighted by Crippen LogP contribution is -2.22. The second-order valence-electron chi connectivity index (χ2n) is 9.09. The molecule has 2 N–H and O–H groups in total. The molecule has 37 heavy (non-hydrogen) atoms. The molecule has 9 heteroatoms. The molecule has 186 valence electrons. The van der Waals surface area contributed by atoms with E-state index in [0.717, 1.165) is 49.0 Å². The van der Waals surface area contributed by atoms with E-state index in [-0.39, 0.29) is 6.61 Å². The summed E-state index contributed by atoms with van der Waals surface area (Å²) in [5.74, 6) is 0.472. The average molecular weight is 532 g/mol. The van der Waals surface area contributed by atoms with E-state index < -0.39 is 6.09 Å². The third kappa shape index (κ3) is 3.98. The first-order valence-corrected chi connectivity index (χ1v) is 12.9. The molecule has 0 saturated heterocycles. The fourth-order valence-corrected chi connectivity index (χ4v) is 6.31. The zero-order chi connectivity index (χ0) is 25.8. The number of carbonyl (C=O) groups is 1. The Hall–Kier alpha value is -3.72. The van der Waals surface area contributed by atoms with Crippen molar-refractivity contribution in [1.82, 2.24) is 14.9 Å². The molecule has 0 spiro atoms. The molecule has 0 fully saturated rings. The Morgan fingerprint density at radius 2 is 1.70 bits per heavy atom. The van der Waals surface area contributed by atoms with E-state index >= 15 is 0 Å². The van der Waals surface area contributed by atoms with Gasteiger partial charge in [-0.05, 0) is 59.9 Å². The number of aliphatic hydroxyl groups excluding tert-OH is 1. The Bertz CT molecular complexity index is 1680. The first kappa shape index (κ1) is 23.7. The Kier molecular flexibility index (Phi) is 5.75. The van der Waals surface area contributed by atoms with E-state index in [9.17, 15) is 15.0 Å². The van der Waals surface area contributed by atoms with Crippen LogP contribution < -0.4 is 0 Å². The number of hydrogen-bond donors (Lipinski definition) is 2. The molecule has 1 amide bonds. The summed E-state index contributed by atoms with van der Waals surface area (Å²) in [5, 5.41) is 20.1. The van der Waals surface area contributed by atoms with Gasteiger partial charge in [-0.3, -0.25) is 4.90 Å². The van der Waals surface area contributed by atoms with E-state index in [0.29, 0.717) is 40.7 Å². The fourth-order valence-electron chi connectivity index (χ4n) is 4.86. The predicted molar refractivity (Wildman–Crippen MR) is 144 cm³/mol. The Morgan fingerprint density at radius 3 is 2.38 bits per heavy atom. The van der Waals surface area contributed by atoms with Gasteiger partial charge in [-0.1, -0.05) is 41.9 Å². The molecular weight excluding hydrogens is 510 g/mol. The van der Waals surface area contributed by atoms with E-state index in [1.807, 2.05) is 25.1 Å². The van der Waals surface area contributed by atoms with Gasteiger partial charge in [-0.15, -0.1) is 11.3 Å². The summed E-state index contributed by atoms with van der Waals surface area (Å²) in [6, 6.07) is 15.7. The number of fused-ring (bicyclic) bond motifs is 2. The number of aromatic nitrogens is 2. The van der Waals surface area contributed by atoms with Crippen molar-refractivity contribution in [2.45, 2.75) is 33.5 Å². The number of thiazole rings is 1. The van der Waals surface area contributed by atoms with E-state index in [1.54, 1.807) is 23.5 Å². The number of amides is 1. The maximum absolute atomic E-state index is 11.3. The van der Waals surface area contributed by atoms with Crippen molar-refractivity contribution in [1.29, 1.82) is 0 Å². The zero-order valence-electron chi connectivity index (χ0n) is 20.1. The lowest BCUT2D eigenvalue weighted by Gasteiger charge is -2.14. The van der Waals surface area contributed by atoms with Crippen molar-refractivity contribution in [3.05, 3.63) is 80.8 Å². The number of carboxylic acid groups (broad SMARTS) is 1. The van der Waals surface area contributed by atoms with Gasteiger partial charge in [0.1, 0.15) is 10.5 Å². The van der Waals surface area contributed by atoms with Gasteiger partial charge in [0.15, 0.2) is 5.58 Å². The van der Waals surface area contributed by atoms with Gasteiger partial charge in [-0.25, -0.2) is 14.8 Å². The molecule has 0 aliphatic carbocycles. The summed E-state index contributed by atoms with van der Waals surface area (Å²) in [5.41, 5.74) is 8.77. The monoisotopic (exact) mass is 531 g/mol. The molecule has 0 atom stereocenters. The zero-order valence-corrected chi connectivity index (χ0v) is 21.7. The normalized spacial score (nSPS) is 12.9. The highest BCUT2D eigenvalue weighted by molar-refractivity contribution is 7.15. The average Bonchev–Trinajstić information content (AvgIpc) is 3.58. The number of rotatable bonds is 4. The lowest BCUT2D eigenvalue weighted by molar-refractivity contribution is 0.145. The lowest BCUT2D eigenvalue weighted by atomic mass is 9.91. The topological polar surface area (TPSA) is 99.7 Å². The van der Waals surface area contributed by atoms with Crippen molar-refractivity contribution >= 4 is 40.1 Å². The molecular formula is C28H22ClN3O4S. The van der Waals surface area contributed by atoms with Gasteiger partial charge in [-0.2, -0.15) is 0 Å². The van der Waals surface area contributed by atoms with Crippen molar-refractivity contribution in [2.75, 3.05) is 0 Å². The largest absolute Gasteiger partial charge is 0.465 e. The Labute approximate surface area is 221 Å². The molecule has 3 aromatic carbocycles. The van der Waals surface area contributed by atoms with Crippen LogP contribution in [0.4, 0.5) is 4.79 Å². The minimum atomic E-state index is -0.921. The van der Waals surface area contributed by atoms with Crippen LogP contribution in [0, 0.1) is 13.8 Å².